The number of nitrogens with one attached hydrogen (secondary N) is 2. The van der Waals surface area contributed by atoms with Crippen LogP contribution in [0.5, 0.6) is 11.5 Å². The van der Waals surface area contributed by atoms with E-state index in [0.29, 0.717) is 35.8 Å². The Morgan fingerprint density at radius 2 is 1.81 bits per heavy atom. The fourth-order valence-electron chi connectivity index (χ4n) is 3.41. The van der Waals surface area contributed by atoms with Crippen LogP contribution in [0.25, 0.3) is 0 Å². The topological polar surface area (TPSA) is 108 Å². The van der Waals surface area contributed by atoms with Gasteiger partial charge in [-0.3, -0.25) is 0 Å². The number of hydrazone groups is 1. The molecule has 166 valence electrons. The molecule has 4 rings (SSSR count). The number of anilines is 4. The van der Waals surface area contributed by atoms with E-state index in [4.69, 9.17) is 4.74 Å². The molecule has 0 amide bonds. The Kier molecular flexibility index (Phi) is 6.96. The molecule has 0 unspecified atom stereocenters. The van der Waals surface area contributed by atoms with Crippen molar-refractivity contribution in [1.82, 2.24) is 15.0 Å². The summed E-state index contributed by atoms with van der Waals surface area (Å²) in [5, 5.41) is 17.5. The van der Waals surface area contributed by atoms with E-state index >= 15 is 0 Å². The van der Waals surface area contributed by atoms with Gasteiger partial charge in [-0.05, 0) is 62.1 Å². The van der Waals surface area contributed by atoms with E-state index in [1.165, 1.54) is 6.42 Å². The van der Waals surface area contributed by atoms with Gasteiger partial charge in [-0.2, -0.15) is 20.1 Å². The lowest BCUT2D eigenvalue weighted by atomic mass is 10.1. The zero-order valence-electron chi connectivity index (χ0n) is 18.0. The Bertz CT molecular complexity index is 1050. The monoisotopic (exact) mass is 433 g/mol. The van der Waals surface area contributed by atoms with Gasteiger partial charge in [0, 0.05) is 18.8 Å². The number of nitrogens with zero attached hydrogens (tertiary/aromatic N) is 5. The van der Waals surface area contributed by atoms with Crippen molar-refractivity contribution in [2.75, 3.05) is 35.3 Å². The smallest absolute Gasteiger partial charge is 0.250 e. The van der Waals surface area contributed by atoms with Gasteiger partial charge in [0.2, 0.25) is 17.8 Å². The number of phenolic OH excluding ortho intramolecular Hbond substituents is 1. The predicted molar refractivity (Wildman–Crippen MR) is 126 cm³/mol. The maximum absolute atomic E-state index is 10.0. The summed E-state index contributed by atoms with van der Waals surface area (Å²) in [7, 11) is 0. The highest BCUT2D eigenvalue weighted by Crippen LogP contribution is 2.26. The number of aromatic nitrogens is 3. The summed E-state index contributed by atoms with van der Waals surface area (Å²) in [5.74, 6) is 1.92. The molecular weight excluding hydrogens is 406 g/mol. The van der Waals surface area contributed by atoms with Gasteiger partial charge in [0.05, 0.1) is 12.8 Å². The summed E-state index contributed by atoms with van der Waals surface area (Å²) >= 11 is 0. The van der Waals surface area contributed by atoms with Crippen LogP contribution in [-0.2, 0) is 0 Å². The Hall–Kier alpha value is -3.88. The summed E-state index contributed by atoms with van der Waals surface area (Å²) in [6.45, 7) is 4.19. The maximum atomic E-state index is 10.0. The van der Waals surface area contributed by atoms with Gasteiger partial charge in [0.25, 0.3) is 0 Å². The number of rotatable bonds is 8. The first-order chi connectivity index (χ1) is 15.7. The summed E-state index contributed by atoms with van der Waals surface area (Å²) in [5.41, 5.74) is 4.49. The van der Waals surface area contributed by atoms with E-state index in [9.17, 15) is 5.11 Å². The van der Waals surface area contributed by atoms with Crippen LogP contribution in [0.4, 0.5) is 23.5 Å². The molecule has 32 heavy (non-hydrogen) atoms. The largest absolute Gasteiger partial charge is 0.504 e. The van der Waals surface area contributed by atoms with E-state index in [1.807, 2.05) is 43.3 Å². The molecule has 1 fully saturated rings. The molecule has 1 aliphatic rings. The molecule has 0 aliphatic carbocycles. The minimum absolute atomic E-state index is 0.0673. The molecule has 9 heteroatoms. The first kappa shape index (κ1) is 21.4. The SMILES string of the molecule is CCOc1ccc(/C=N/Nc2nc(Nc3ccccc3)nc(N3CCCCC3)n2)cc1O. The van der Waals surface area contributed by atoms with Crippen LogP contribution >= 0.6 is 0 Å². The second kappa shape index (κ2) is 10.4. The van der Waals surface area contributed by atoms with Crippen LogP contribution in [0, 0.1) is 0 Å². The maximum Gasteiger partial charge on any atom is 0.250 e. The minimum atomic E-state index is 0.0673. The highest BCUT2D eigenvalue weighted by molar-refractivity contribution is 5.81. The fourth-order valence-corrected chi connectivity index (χ4v) is 3.41. The minimum Gasteiger partial charge on any atom is -0.504 e. The molecule has 3 N–H and O–H groups in total. The standard InChI is InChI=1S/C23H27N7O2/c1-2-32-20-12-11-17(15-19(20)31)16-24-29-22-26-21(25-18-9-5-3-6-10-18)27-23(28-22)30-13-7-4-8-14-30/h3,5-6,9-12,15-16,31H,2,4,7-8,13-14H2,1H3,(H2,25,26,27,28,29)/b24-16+. The number of para-hydroxylation sites is 1. The number of aromatic hydroxyl groups is 1. The third kappa shape index (κ3) is 5.63. The quantitative estimate of drug-likeness (QED) is 0.359. The lowest BCUT2D eigenvalue weighted by Crippen LogP contribution is -2.31. The van der Waals surface area contributed by atoms with Crippen molar-refractivity contribution in [2.45, 2.75) is 26.2 Å². The van der Waals surface area contributed by atoms with Crippen LogP contribution in [0.15, 0.2) is 53.6 Å². The van der Waals surface area contributed by atoms with Crippen LogP contribution in [0.2, 0.25) is 0 Å². The molecule has 1 aromatic heterocycles. The summed E-state index contributed by atoms with van der Waals surface area (Å²) in [4.78, 5) is 15.8. The molecule has 1 aliphatic heterocycles. The van der Waals surface area contributed by atoms with Gasteiger partial charge in [-0.15, -0.1) is 0 Å². The summed E-state index contributed by atoms with van der Waals surface area (Å²) in [6, 6.07) is 14.9. The molecule has 2 aromatic carbocycles. The van der Waals surface area contributed by atoms with E-state index in [1.54, 1.807) is 18.3 Å². The predicted octanol–water partition coefficient (Wildman–Crippen LogP) is 4.16. The molecule has 0 bridgehead atoms. The highest BCUT2D eigenvalue weighted by Gasteiger charge is 2.16. The molecule has 3 aromatic rings. The number of ether oxygens (including phenoxy) is 1. The second-order valence-corrected chi connectivity index (χ2v) is 7.35. The first-order valence-electron chi connectivity index (χ1n) is 10.8. The molecular formula is C23H27N7O2. The van der Waals surface area contributed by atoms with Gasteiger partial charge in [-0.25, -0.2) is 5.43 Å². The third-order valence-corrected chi connectivity index (χ3v) is 4.95. The molecule has 0 atom stereocenters. The van der Waals surface area contributed by atoms with Gasteiger partial charge in [-0.1, -0.05) is 18.2 Å². The lowest BCUT2D eigenvalue weighted by Gasteiger charge is -2.26. The molecule has 1 saturated heterocycles. The summed E-state index contributed by atoms with van der Waals surface area (Å²) < 4.78 is 5.35. The number of benzene rings is 2. The zero-order chi connectivity index (χ0) is 22.2. The molecule has 9 nitrogen and oxygen atoms in total. The van der Waals surface area contributed by atoms with Crippen molar-refractivity contribution < 1.29 is 9.84 Å². The van der Waals surface area contributed by atoms with Crippen LogP contribution in [0.3, 0.4) is 0 Å². The lowest BCUT2D eigenvalue weighted by molar-refractivity contribution is 0.318. The van der Waals surface area contributed by atoms with Crippen molar-refractivity contribution in [1.29, 1.82) is 0 Å². The van der Waals surface area contributed by atoms with Crippen molar-refractivity contribution in [3.63, 3.8) is 0 Å². The molecule has 0 radical (unpaired) electrons. The normalized spacial score (nSPS) is 13.8. The highest BCUT2D eigenvalue weighted by atomic mass is 16.5. The van der Waals surface area contributed by atoms with Crippen molar-refractivity contribution in [2.24, 2.45) is 5.10 Å². The Morgan fingerprint density at radius 1 is 1.03 bits per heavy atom. The van der Waals surface area contributed by atoms with Crippen molar-refractivity contribution in [3.05, 3.63) is 54.1 Å². The number of phenols is 1. The van der Waals surface area contributed by atoms with Crippen molar-refractivity contribution in [3.8, 4) is 11.5 Å². The summed E-state index contributed by atoms with van der Waals surface area (Å²) in [6.07, 6.45) is 5.05. The Morgan fingerprint density at radius 3 is 2.56 bits per heavy atom. The number of hydrogen-bond donors (Lipinski definition) is 3. The van der Waals surface area contributed by atoms with Gasteiger partial charge < -0.3 is 20.1 Å². The van der Waals surface area contributed by atoms with Crippen LogP contribution in [-0.4, -0.2) is 46.0 Å². The van der Waals surface area contributed by atoms with Crippen LogP contribution < -0.4 is 20.4 Å². The zero-order valence-corrected chi connectivity index (χ0v) is 18.0. The molecule has 0 saturated carbocycles. The van der Waals surface area contributed by atoms with E-state index in [0.717, 1.165) is 31.6 Å². The van der Waals surface area contributed by atoms with Gasteiger partial charge in [0.1, 0.15) is 0 Å². The fraction of sp³-hybridized carbons (Fsp3) is 0.304. The Labute approximate surface area is 187 Å². The van der Waals surface area contributed by atoms with E-state index < -0.39 is 0 Å². The second-order valence-electron chi connectivity index (χ2n) is 7.35. The van der Waals surface area contributed by atoms with E-state index in [2.05, 4.69) is 35.7 Å². The molecule has 0 spiro atoms. The number of piperidine rings is 1. The Balaban J connectivity index is 1.53. The number of hydrogen-bond acceptors (Lipinski definition) is 9. The average molecular weight is 434 g/mol. The van der Waals surface area contributed by atoms with Gasteiger partial charge >= 0.3 is 0 Å². The first-order valence-corrected chi connectivity index (χ1v) is 10.8. The van der Waals surface area contributed by atoms with Crippen LogP contribution in [0.1, 0.15) is 31.7 Å². The average Bonchev–Trinajstić information content (AvgIpc) is 2.82. The molecule has 2 heterocycles. The van der Waals surface area contributed by atoms with E-state index in [-0.39, 0.29) is 5.75 Å². The van der Waals surface area contributed by atoms with Gasteiger partial charge in [0.15, 0.2) is 11.5 Å². The van der Waals surface area contributed by atoms with Crippen molar-refractivity contribution >= 4 is 29.7 Å². The third-order valence-electron chi connectivity index (χ3n) is 4.95.